The van der Waals surface area contributed by atoms with Crippen LogP contribution in [-0.2, 0) is 14.3 Å². The highest BCUT2D eigenvalue weighted by Crippen LogP contribution is 2.31. The fourth-order valence-electron chi connectivity index (χ4n) is 4.41. The molecule has 2 aromatic carbocycles. The quantitative estimate of drug-likeness (QED) is 0.352. The van der Waals surface area contributed by atoms with Crippen LogP contribution in [0.4, 0.5) is 5.69 Å². The zero-order chi connectivity index (χ0) is 26.7. The predicted octanol–water partition coefficient (Wildman–Crippen LogP) is 3.18. The van der Waals surface area contributed by atoms with E-state index in [1.54, 1.807) is 31.2 Å². The summed E-state index contributed by atoms with van der Waals surface area (Å²) in [6.07, 6.45) is 1.84. The summed E-state index contributed by atoms with van der Waals surface area (Å²) >= 11 is 1.27. The van der Waals surface area contributed by atoms with Crippen molar-refractivity contribution in [3.05, 3.63) is 90.6 Å². The van der Waals surface area contributed by atoms with E-state index in [-0.39, 0.29) is 11.1 Å². The molecule has 2 heterocycles. The SMILES string of the molecule is CCN(CC)c1ccc(/C=c2/sc3n(c2=O)C(c2ccc(OC(C)=O)cc2)C(C(=O)OC)=C(C)N=3)cc1. The number of carbonyl (C=O) groups excluding carboxylic acids is 2. The Hall–Kier alpha value is -3.98. The minimum Gasteiger partial charge on any atom is -0.466 e. The van der Waals surface area contributed by atoms with Crippen LogP contribution in [0.1, 0.15) is 44.9 Å². The van der Waals surface area contributed by atoms with Crippen LogP contribution in [0.15, 0.2) is 69.6 Å². The number of hydrogen-bond donors (Lipinski definition) is 0. The maximum Gasteiger partial charge on any atom is 0.338 e. The average Bonchev–Trinajstić information content (AvgIpc) is 3.18. The first-order valence-electron chi connectivity index (χ1n) is 12.0. The predicted molar refractivity (Wildman–Crippen MR) is 144 cm³/mol. The van der Waals surface area contributed by atoms with Crippen molar-refractivity contribution in [3.8, 4) is 5.75 Å². The molecule has 8 nitrogen and oxygen atoms in total. The number of esters is 2. The molecule has 9 heteroatoms. The number of rotatable bonds is 7. The van der Waals surface area contributed by atoms with E-state index < -0.39 is 18.0 Å². The van der Waals surface area contributed by atoms with Gasteiger partial charge in [0.15, 0.2) is 4.80 Å². The van der Waals surface area contributed by atoms with Crippen molar-refractivity contribution < 1.29 is 19.1 Å². The van der Waals surface area contributed by atoms with Gasteiger partial charge in [-0.2, -0.15) is 0 Å². The maximum absolute atomic E-state index is 13.7. The van der Waals surface area contributed by atoms with Crippen LogP contribution in [0.25, 0.3) is 6.08 Å². The summed E-state index contributed by atoms with van der Waals surface area (Å²) in [4.78, 5) is 45.1. The summed E-state index contributed by atoms with van der Waals surface area (Å²) in [5.41, 5.74) is 3.20. The van der Waals surface area contributed by atoms with Crippen LogP contribution in [-0.4, -0.2) is 36.7 Å². The topological polar surface area (TPSA) is 90.2 Å². The summed E-state index contributed by atoms with van der Waals surface area (Å²) < 4.78 is 12.2. The summed E-state index contributed by atoms with van der Waals surface area (Å²) in [7, 11) is 1.30. The van der Waals surface area contributed by atoms with E-state index in [4.69, 9.17) is 9.47 Å². The van der Waals surface area contributed by atoms with Gasteiger partial charge in [-0.1, -0.05) is 35.6 Å². The molecule has 0 saturated carbocycles. The highest BCUT2D eigenvalue weighted by molar-refractivity contribution is 7.07. The van der Waals surface area contributed by atoms with Crippen molar-refractivity contribution in [3.63, 3.8) is 0 Å². The minimum atomic E-state index is -0.734. The number of aromatic nitrogens is 1. The van der Waals surface area contributed by atoms with Crippen LogP contribution < -0.4 is 24.5 Å². The van der Waals surface area contributed by atoms with Gasteiger partial charge in [0.05, 0.1) is 29.0 Å². The van der Waals surface area contributed by atoms with Gasteiger partial charge in [0.25, 0.3) is 5.56 Å². The summed E-state index contributed by atoms with van der Waals surface area (Å²) in [6, 6.07) is 14.1. The molecule has 1 aliphatic heterocycles. The largest absolute Gasteiger partial charge is 0.466 e. The number of nitrogens with zero attached hydrogens (tertiary/aromatic N) is 3. The van der Waals surface area contributed by atoms with Crippen LogP contribution in [0, 0.1) is 0 Å². The van der Waals surface area contributed by atoms with Crippen LogP contribution >= 0.6 is 11.3 Å². The molecule has 0 saturated heterocycles. The van der Waals surface area contributed by atoms with Crippen LogP contribution in [0.2, 0.25) is 0 Å². The first kappa shape index (κ1) is 26.1. The fraction of sp³-hybridized carbons (Fsp3) is 0.286. The lowest BCUT2D eigenvalue weighted by Gasteiger charge is -2.24. The molecule has 0 amide bonds. The lowest BCUT2D eigenvalue weighted by Crippen LogP contribution is -2.39. The number of methoxy groups -OCH3 is 1. The third-order valence-corrected chi connectivity index (χ3v) is 7.19. The van der Waals surface area contributed by atoms with Crippen molar-refractivity contribution in [2.24, 2.45) is 4.99 Å². The maximum atomic E-state index is 13.7. The van der Waals surface area contributed by atoms with Gasteiger partial charge in [-0.15, -0.1) is 0 Å². The van der Waals surface area contributed by atoms with Gasteiger partial charge in [-0.05, 0) is 62.2 Å². The Balaban J connectivity index is 1.83. The number of anilines is 1. The molecule has 1 aliphatic rings. The van der Waals surface area contributed by atoms with Gasteiger partial charge >= 0.3 is 11.9 Å². The van der Waals surface area contributed by atoms with Crippen LogP contribution in [0.5, 0.6) is 5.75 Å². The number of hydrogen-bond acceptors (Lipinski definition) is 8. The lowest BCUT2D eigenvalue weighted by molar-refractivity contribution is -0.136. The van der Waals surface area contributed by atoms with Crippen LogP contribution in [0.3, 0.4) is 0 Å². The summed E-state index contributed by atoms with van der Waals surface area (Å²) in [6.45, 7) is 9.11. The highest BCUT2D eigenvalue weighted by atomic mass is 32.1. The summed E-state index contributed by atoms with van der Waals surface area (Å²) in [5, 5.41) is 0. The second-order valence-corrected chi connectivity index (χ2v) is 9.51. The molecule has 0 fully saturated rings. The number of thiazole rings is 1. The van der Waals surface area contributed by atoms with Crippen molar-refractivity contribution in [1.82, 2.24) is 4.57 Å². The number of ether oxygens (including phenoxy) is 2. The van der Waals surface area contributed by atoms with E-state index in [9.17, 15) is 14.4 Å². The molecule has 1 atom stereocenters. The Labute approximate surface area is 218 Å². The van der Waals surface area contributed by atoms with E-state index in [2.05, 4.69) is 23.7 Å². The normalized spacial score (nSPS) is 15.2. The van der Waals surface area contributed by atoms with Gasteiger partial charge in [0.2, 0.25) is 0 Å². The zero-order valence-electron chi connectivity index (χ0n) is 21.5. The minimum absolute atomic E-state index is 0.250. The van der Waals surface area contributed by atoms with Crippen molar-refractivity contribution >= 4 is 35.0 Å². The molecule has 192 valence electrons. The standard InChI is InChI=1S/C28H29N3O5S/c1-6-30(7-2)21-12-8-19(9-13-21)16-23-26(33)31-25(20-10-14-22(15-11-20)36-18(4)32)24(27(34)35-5)17(3)29-28(31)37-23/h8-16,25H,6-7H2,1-5H3/b23-16+. The van der Waals surface area contributed by atoms with Crippen molar-refractivity contribution in [1.29, 1.82) is 0 Å². The fourth-order valence-corrected chi connectivity index (χ4v) is 5.46. The van der Waals surface area contributed by atoms with E-state index in [1.165, 1.54) is 29.9 Å². The number of benzene rings is 2. The van der Waals surface area contributed by atoms with E-state index in [0.717, 1.165) is 24.3 Å². The van der Waals surface area contributed by atoms with Gasteiger partial charge in [-0.25, -0.2) is 9.79 Å². The third kappa shape index (κ3) is 5.27. The van der Waals surface area contributed by atoms with Crippen molar-refractivity contribution in [2.45, 2.75) is 33.7 Å². The molecule has 0 spiro atoms. The van der Waals surface area contributed by atoms with E-state index in [1.807, 2.05) is 30.3 Å². The molecule has 0 aliphatic carbocycles. The zero-order valence-corrected chi connectivity index (χ0v) is 22.3. The Morgan fingerprint density at radius 3 is 2.30 bits per heavy atom. The Bertz CT molecular complexity index is 1530. The van der Waals surface area contributed by atoms with Gasteiger partial charge < -0.3 is 14.4 Å². The number of carbonyl (C=O) groups is 2. The second kappa shape index (κ2) is 11.0. The van der Waals surface area contributed by atoms with Gasteiger partial charge in [0.1, 0.15) is 5.75 Å². The monoisotopic (exact) mass is 519 g/mol. The molecule has 0 radical (unpaired) electrons. The molecule has 37 heavy (non-hydrogen) atoms. The van der Waals surface area contributed by atoms with E-state index in [0.29, 0.717) is 26.3 Å². The average molecular weight is 520 g/mol. The summed E-state index contributed by atoms with van der Waals surface area (Å²) in [5.74, 6) is -0.620. The Morgan fingerprint density at radius 2 is 1.73 bits per heavy atom. The van der Waals surface area contributed by atoms with Crippen molar-refractivity contribution in [2.75, 3.05) is 25.1 Å². The molecule has 1 unspecified atom stereocenters. The molecule has 0 bridgehead atoms. The molecule has 1 aromatic heterocycles. The molecule has 0 N–H and O–H groups in total. The molecular weight excluding hydrogens is 490 g/mol. The lowest BCUT2D eigenvalue weighted by atomic mass is 9.96. The van der Waals surface area contributed by atoms with Gasteiger partial charge in [-0.3, -0.25) is 14.2 Å². The smallest absolute Gasteiger partial charge is 0.338 e. The first-order valence-corrected chi connectivity index (χ1v) is 12.8. The molecular formula is C28H29N3O5S. The third-order valence-electron chi connectivity index (χ3n) is 6.20. The second-order valence-electron chi connectivity index (χ2n) is 8.50. The highest BCUT2D eigenvalue weighted by Gasteiger charge is 2.33. The first-order chi connectivity index (χ1) is 17.8. The van der Waals surface area contributed by atoms with E-state index >= 15 is 0 Å². The number of allylic oxidation sites excluding steroid dienone is 1. The Kier molecular flexibility index (Phi) is 7.73. The molecule has 4 rings (SSSR count). The Morgan fingerprint density at radius 1 is 1.08 bits per heavy atom. The molecule has 3 aromatic rings. The number of fused-ring (bicyclic) bond motifs is 1. The van der Waals surface area contributed by atoms with Gasteiger partial charge in [0, 0.05) is 25.7 Å².